The maximum Gasteiger partial charge on any atom is 0.313 e. The van der Waals surface area contributed by atoms with Gasteiger partial charge in [-0.15, -0.1) is 0 Å². The number of anilines is 2. The Morgan fingerprint density at radius 1 is 0.913 bits per heavy atom. The first-order chi connectivity index (χ1) is 11.1. The average molecular weight is 319 g/mol. The molecule has 128 valence electrons. The third kappa shape index (κ3) is 5.58. The van der Waals surface area contributed by atoms with Crippen molar-refractivity contribution in [3.63, 3.8) is 0 Å². The molecule has 1 rings (SSSR count). The van der Waals surface area contributed by atoms with Gasteiger partial charge >= 0.3 is 11.8 Å². The molecule has 0 radical (unpaired) electrons. The number of nitrogens with one attached hydrogen (secondary N) is 1. The maximum absolute atomic E-state index is 12.2. The second-order valence-electron chi connectivity index (χ2n) is 5.47. The molecule has 1 aromatic carbocycles. The molecule has 0 fully saturated rings. The largest absolute Gasteiger partial charge is 0.372 e. The third-order valence-corrected chi connectivity index (χ3v) is 3.72. The molecule has 0 aliphatic heterocycles. The molecule has 0 bridgehead atoms. The van der Waals surface area contributed by atoms with Crippen LogP contribution in [-0.2, 0) is 9.59 Å². The van der Waals surface area contributed by atoms with Crippen LogP contribution in [0.2, 0.25) is 0 Å². The number of nitrogens with zero attached hydrogens (tertiary/aromatic N) is 2. The van der Waals surface area contributed by atoms with Crippen LogP contribution in [-0.4, -0.2) is 42.9 Å². The van der Waals surface area contributed by atoms with Crippen LogP contribution in [0.15, 0.2) is 24.3 Å². The number of rotatable bonds is 8. The Kier molecular flexibility index (Phi) is 8.16. The highest BCUT2D eigenvalue weighted by molar-refractivity contribution is 6.39. The van der Waals surface area contributed by atoms with Gasteiger partial charge < -0.3 is 15.1 Å². The Hall–Kier alpha value is -2.04. The van der Waals surface area contributed by atoms with Gasteiger partial charge in [-0.25, -0.2) is 0 Å². The summed E-state index contributed by atoms with van der Waals surface area (Å²) < 4.78 is 0. The summed E-state index contributed by atoms with van der Waals surface area (Å²) in [6.45, 7) is 11.3. The molecule has 0 aromatic heterocycles. The summed E-state index contributed by atoms with van der Waals surface area (Å²) in [4.78, 5) is 28.2. The summed E-state index contributed by atoms with van der Waals surface area (Å²) in [7, 11) is 0. The Labute approximate surface area is 139 Å². The van der Waals surface area contributed by atoms with Gasteiger partial charge in [0.05, 0.1) is 0 Å². The molecule has 0 unspecified atom stereocenters. The fourth-order valence-corrected chi connectivity index (χ4v) is 2.53. The number of carbonyl (C=O) groups is 2. The summed E-state index contributed by atoms with van der Waals surface area (Å²) in [5.74, 6) is -1.02. The van der Waals surface area contributed by atoms with Gasteiger partial charge in [-0.05, 0) is 51.0 Å². The third-order valence-electron chi connectivity index (χ3n) is 3.72. The van der Waals surface area contributed by atoms with Crippen molar-refractivity contribution in [2.45, 2.75) is 40.5 Å². The number of hydrogen-bond acceptors (Lipinski definition) is 3. The lowest BCUT2D eigenvalue weighted by Gasteiger charge is -2.22. The van der Waals surface area contributed by atoms with E-state index in [2.05, 4.69) is 24.1 Å². The number of hydrogen-bond donors (Lipinski definition) is 1. The molecular weight excluding hydrogens is 290 g/mol. The van der Waals surface area contributed by atoms with E-state index in [-0.39, 0.29) is 0 Å². The van der Waals surface area contributed by atoms with Crippen LogP contribution in [0.25, 0.3) is 0 Å². The second-order valence-corrected chi connectivity index (χ2v) is 5.47. The van der Waals surface area contributed by atoms with Gasteiger partial charge in [0.1, 0.15) is 0 Å². The maximum atomic E-state index is 12.2. The van der Waals surface area contributed by atoms with Crippen molar-refractivity contribution in [1.29, 1.82) is 0 Å². The van der Waals surface area contributed by atoms with E-state index in [0.717, 1.165) is 31.6 Å². The first kappa shape index (κ1) is 19.0. The zero-order chi connectivity index (χ0) is 17.2. The van der Waals surface area contributed by atoms with E-state index in [9.17, 15) is 9.59 Å². The van der Waals surface area contributed by atoms with Crippen molar-refractivity contribution in [3.05, 3.63) is 24.3 Å². The van der Waals surface area contributed by atoms with Crippen molar-refractivity contribution >= 4 is 23.2 Å². The number of amides is 2. The average Bonchev–Trinajstić information content (AvgIpc) is 2.56. The Bertz CT molecular complexity index is 489. The van der Waals surface area contributed by atoms with Crippen molar-refractivity contribution in [1.82, 2.24) is 4.90 Å². The molecule has 0 aliphatic rings. The molecule has 0 saturated carbocycles. The van der Waals surface area contributed by atoms with Gasteiger partial charge in [-0.2, -0.15) is 0 Å². The molecule has 23 heavy (non-hydrogen) atoms. The first-order valence-corrected chi connectivity index (χ1v) is 8.52. The second kappa shape index (κ2) is 9.87. The fraction of sp³-hybridized carbons (Fsp3) is 0.556. The van der Waals surface area contributed by atoms with Crippen LogP contribution in [0.3, 0.4) is 0 Å². The minimum atomic E-state index is -0.567. The van der Waals surface area contributed by atoms with Crippen molar-refractivity contribution in [3.8, 4) is 0 Å². The van der Waals surface area contributed by atoms with E-state index < -0.39 is 11.8 Å². The summed E-state index contributed by atoms with van der Waals surface area (Å²) in [5, 5.41) is 2.69. The molecular formula is C18H29N3O2. The fourth-order valence-electron chi connectivity index (χ4n) is 2.53. The standard InChI is InChI=1S/C18H29N3O2/c1-5-13-21(14-6-2)18(23)17(22)19-15-9-11-16(12-10-15)20(7-3)8-4/h9-12H,5-8,13-14H2,1-4H3,(H,19,22). The molecule has 5 heteroatoms. The van der Waals surface area contributed by atoms with E-state index in [1.807, 2.05) is 38.1 Å². The molecule has 0 saturated heterocycles. The first-order valence-electron chi connectivity index (χ1n) is 8.52. The zero-order valence-electron chi connectivity index (χ0n) is 14.8. The molecule has 5 nitrogen and oxygen atoms in total. The zero-order valence-corrected chi connectivity index (χ0v) is 14.8. The van der Waals surface area contributed by atoms with Crippen molar-refractivity contribution in [2.24, 2.45) is 0 Å². The molecule has 0 heterocycles. The quantitative estimate of drug-likeness (QED) is 0.749. The summed E-state index contributed by atoms with van der Waals surface area (Å²) in [6, 6.07) is 7.59. The minimum Gasteiger partial charge on any atom is -0.372 e. The van der Waals surface area contributed by atoms with Crippen LogP contribution in [0.5, 0.6) is 0 Å². The highest BCUT2D eigenvalue weighted by Crippen LogP contribution is 2.17. The van der Waals surface area contributed by atoms with E-state index in [4.69, 9.17) is 0 Å². The van der Waals surface area contributed by atoms with E-state index in [0.29, 0.717) is 18.8 Å². The lowest BCUT2D eigenvalue weighted by molar-refractivity contribution is -0.143. The van der Waals surface area contributed by atoms with Gasteiger partial charge in [0.2, 0.25) is 0 Å². The normalized spacial score (nSPS) is 10.3. The van der Waals surface area contributed by atoms with Crippen molar-refractivity contribution in [2.75, 3.05) is 36.4 Å². The molecule has 1 aromatic rings. The highest BCUT2D eigenvalue weighted by Gasteiger charge is 2.20. The summed E-state index contributed by atoms with van der Waals surface area (Å²) in [5.41, 5.74) is 1.75. The summed E-state index contributed by atoms with van der Waals surface area (Å²) in [6.07, 6.45) is 1.69. The van der Waals surface area contributed by atoms with Crippen molar-refractivity contribution < 1.29 is 9.59 Å². The predicted octanol–water partition coefficient (Wildman–Crippen LogP) is 3.12. The van der Waals surface area contributed by atoms with E-state index in [1.165, 1.54) is 0 Å². The predicted molar refractivity (Wildman–Crippen MR) is 95.8 cm³/mol. The summed E-state index contributed by atoms with van der Waals surface area (Å²) >= 11 is 0. The highest BCUT2D eigenvalue weighted by atomic mass is 16.2. The van der Waals surface area contributed by atoms with Gasteiger partial charge in [0.25, 0.3) is 0 Å². The topological polar surface area (TPSA) is 52.7 Å². The molecule has 0 atom stereocenters. The Balaban J connectivity index is 2.71. The molecule has 1 N–H and O–H groups in total. The van der Waals surface area contributed by atoms with Crippen LogP contribution >= 0.6 is 0 Å². The monoisotopic (exact) mass is 319 g/mol. The van der Waals surface area contributed by atoms with E-state index in [1.54, 1.807) is 4.90 Å². The number of benzene rings is 1. The van der Waals surface area contributed by atoms with Crippen LogP contribution in [0.4, 0.5) is 11.4 Å². The Morgan fingerprint density at radius 2 is 1.43 bits per heavy atom. The van der Waals surface area contributed by atoms with Gasteiger partial charge in [-0.1, -0.05) is 13.8 Å². The van der Waals surface area contributed by atoms with Crippen LogP contribution in [0.1, 0.15) is 40.5 Å². The van der Waals surface area contributed by atoms with Crippen LogP contribution < -0.4 is 10.2 Å². The number of carbonyl (C=O) groups excluding carboxylic acids is 2. The van der Waals surface area contributed by atoms with Crippen LogP contribution in [0, 0.1) is 0 Å². The molecule has 2 amide bonds. The SMILES string of the molecule is CCCN(CCC)C(=O)C(=O)Nc1ccc(N(CC)CC)cc1. The minimum absolute atomic E-state index is 0.457. The molecule has 0 spiro atoms. The lowest BCUT2D eigenvalue weighted by Crippen LogP contribution is -2.40. The van der Waals surface area contributed by atoms with Gasteiger partial charge in [-0.3, -0.25) is 9.59 Å². The lowest BCUT2D eigenvalue weighted by atomic mass is 10.2. The molecule has 0 aliphatic carbocycles. The van der Waals surface area contributed by atoms with Gasteiger partial charge in [0.15, 0.2) is 0 Å². The smallest absolute Gasteiger partial charge is 0.313 e. The van der Waals surface area contributed by atoms with Gasteiger partial charge in [0, 0.05) is 37.6 Å². The Morgan fingerprint density at radius 3 is 1.87 bits per heavy atom. The van der Waals surface area contributed by atoms with E-state index >= 15 is 0 Å².